The molecule has 0 saturated heterocycles. The standard InChI is InChI=1S/C14H14O/c1-9-6-14(13-7-10(13)8-15)12-5-3-2-4-11(9)12/h2-6,8-10,13H,7H2,1H3. The molecule has 0 radical (unpaired) electrons. The third-order valence-electron chi connectivity index (χ3n) is 3.61. The minimum absolute atomic E-state index is 0.287. The van der Waals surface area contributed by atoms with Crippen LogP contribution in [0.3, 0.4) is 0 Å². The van der Waals surface area contributed by atoms with Crippen LogP contribution in [0.4, 0.5) is 0 Å². The van der Waals surface area contributed by atoms with Gasteiger partial charge in [-0.3, -0.25) is 0 Å². The zero-order chi connectivity index (χ0) is 10.4. The summed E-state index contributed by atoms with van der Waals surface area (Å²) in [5.74, 6) is 1.31. The van der Waals surface area contributed by atoms with E-state index in [0.29, 0.717) is 11.8 Å². The number of carbonyl (C=O) groups is 1. The first kappa shape index (κ1) is 8.90. The number of carbonyl (C=O) groups excluding carboxylic acids is 1. The Morgan fingerprint density at radius 1 is 1.33 bits per heavy atom. The van der Waals surface area contributed by atoms with Gasteiger partial charge in [0.05, 0.1) is 0 Å². The van der Waals surface area contributed by atoms with Gasteiger partial charge in [0.15, 0.2) is 0 Å². The molecule has 0 amide bonds. The molecule has 0 aliphatic heterocycles. The molecule has 0 N–H and O–H groups in total. The summed E-state index contributed by atoms with van der Waals surface area (Å²) in [5, 5.41) is 0. The van der Waals surface area contributed by atoms with Crippen molar-refractivity contribution in [2.24, 2.45) is 11.8 Å². The van der Waals surface area contributed by atoms with Crippen LogP contribution in [0.25, 0.3) is 5.57 Å². The summed E-state index contributed by atoms with van der Waals surface area (Å²) in [6.07, 6.45) is 4.49. The number of hydrogen-bond acceptors (Lipinski definition) is 1. The van der Waals surface area contributed by atoms with Crippen molar-refractivity contribution in [1.29, 1.82) is 0 Å². The molecule has 0 bridgehead atoms. The van der Waals surface area contributed by atoms with Gasteiger partial charge in [-0.15, -0.1) is 0 Å². The van der Waals surface area contributed by atoms with E-state index >= 15 is 0 Å². The highest BCUT2D eigenvalue weighted by Gasteiger charge is 2.42. The predicted molar refractivity (Wildman–Crippen MR) is 60.5 cm³/mol. The van der Waals surface area contributed by atoms with Crippen molar-refractivity contribution >= 4 is 11.9 Å². The summed E-state index contributed by atoms with van der Waals surface area (Å²) in [4.78, 5) is 10.7. The van der Waals surface area contributed by atoms with Crippen LogP contribution in [-0.2, 0) is 4.79 Å². The lowest BCUT2D eigenvalue weighted by atomic mass is 10.00. The third kappa shape index (κ3) is 1.26. The predicted octanol–water partition coefficient (Wildman–Crippen LogP) is 3.02. The number of fused-ring (bicyclic) bond motifs is 1. The minimum atomic E-state index is 0.287. The Bertz CT molecular complexity index is 444. The average molecular weight is 198 g/mol. The van der Waals surface area contributed by atoms with Crippen LogP contribution in [0.15, 0.2) is 30.3 Å². The SMILES string of the molecule is CC1C=C(C2CC2C=O)c2ccccc21. The molecule has 3 unspecified atom stereocenters. The zero-order valence-electron chi connectivity index (χ0n) is 8.81. The van der Waals surface area contributed by atoms with Crippen molar-refractivity contribution in [2.75, 3.05) is 0 Å². The maximum absolute atomic E-state index is 10.7. The van der Waals surface area contributed by atoms with Crippen molar-refractivity contribution in [2.45, 2.75) is 19.3 Å². The Hall–Kier alpha value is -1.37. The van der Waals surface area contributed by atoms with Crippen LogP contribution in [0.2, 0.25) is 0 Å². The van der Waals surface area contributed by atoms with Gasteiger partial charge in [0.25, 0.3) is 0 Å². The Kier molecular flexibility index (Phi) is 1.82. The Morgan fingerprint density at radius 2 is 2.13 bits per heavy atom. The number of allylic oxidation sites excluding steroid dienone is 2. The first-order valence-corrected chi connectivity index (χ1v) is 5.57. The molecule has 1 heteroatoms. The quantitative estimate of drug-likeness (QED) is 0.667. The molecular weight excluding hydrogens is 184 g/mol. The molecule has 1 saturated carbocycles. The van der Waals surface area contributed by atoms with Gasteiger partial charge in [0.2, 0.25) is 0 Å². The van der Waals surface area contributed by atoms with Crippen molar-refractivity contribution in [1.82, 2.24) is 0 Å². The lowest BCUT2D eigenvalue weighted by Crippen LogP contribution is -1.89. The van der Waals surface area contributed by atoms with Gasteiger partial charge in [0, 0.05) is 11.8 Å². The van der Waals surface area contributed by atoms with Crippen LogP contribution in [0.5, 0.6) is 0 Å². The summed E-state index contributed by atoms with van der Waals surface area (Å²) >= 11 is 0. The minimum Gasteiger partial charge on any atom is -0.303 e. The van der Waals surface area contributed by atoms with Crippen molar-refractivity contribution in [3.63, 3.8) is 0 Å². The Labute approximate surface area is 89.8 Å². The Balaban J connectivity index is 1.99. The molecule has 1 fully saturated rings. The van der Waals surface area contributed by atoms with Crippen LogP contribution in [-0.4, -0.2) is 6.29 Å². The molecule has 0 spiro atoms. The van der Waals surface area contributed by atoms with Gasteiger partial charge in [-0.2, -0.15) is 0 Å². The second-order valence-electron chi connectivity index (χ2n) is 4.64. The molecule has 76 valence electrons. The molecule has 2 aliphatic carbocycles. The molecular formula is C14H14O. The molecule has 0 aromatic heterocycles. The van der Waals surface area contributed by atoms with Crippen molar-refractivity contribution in [3.05, 3.63) is 41.5 Å². The van der Waals surface area contributed by atoms with Gasteiger partial charge in [-0.25, -0.2) is 0 Å². The topological polar surface area (TPSA) is 17.1 Å². The monoisotopic (exact) mass is 198 g/mol. The highest BCUT2D eigenvalue weighted by atomic mass is 16.1. The van der Waals surface area contributed by atoms with Crippen LogP contribution in [0.1, 0.15) is 30.4 Å². The summed E-state index contributed by atoms with van der Waals surface area (Å²) in [6.45, 7) is 2.23. The van der Waals surface area contributed by atoms with Crippen LogP contribution < -0.4 is 0 Å². The second-order valence-corrected chi connectivity index (χ2v) is 4.64. The van der Waals surface area contributed by atoms with Gasteiger partial charge in [-0.05, 0) is 29.0 Å². The zero-order valence-corrected chi connectivity index (χ0v) is 8.81. The van der Waals surface area contributed by atoms with Gasteiger partial charge < -0.3 is 4.79 Å². The third-order valence-corrected chi connectivity index (χ3v) is 3.61. The van der Waals surface area contributed by atoms with Crippen LogP contribution >= 0.6 is 0 Å². The highest BCUT2D eigenvalue weighted by Crippen LogP contribution is 2.51. The number of aldehydes is 1. The van der Waals surface area contributed by atoms with Gasteiger partial charge in [-0.1, -0.05) is 37.3 Å². The van der Waals surface area contributed by atoms with E-state index in [9.17, 15) is 4.79 Å². The van der Waals surface area contributed by atoms with E-state index in [1.165, 1.54) is 16.7 Å². The lowest BCUT2D eigenvalue weighted by molar-refractivity contribution is -0.108. The first-order chi connectivity index (χ1) is 7.31. The van der Waals surface area contributed by atoms with Gasteiger partial charge in [0.1, 0.15) is 6.29 Å². The summed E-state index contributed by atoms with van der Waals surface area (Å²) in [7, 11) is 0. The van der Waals surface area contributed by atoms with E-state index in [1.54, 1.807) is 0 Å². The second kappa shape index (κ2) is 3.06. The number of benzene rings is 1. The Morgan fingerprint density at radius 3 is 2.87 bits per heavy atom. The van der Waals surface area contributed by atoms with Gasteiger partial charge >= 0.3 is 0 Å². The maximum atomic E-state index is 10.7. The van der Waals surface area contributed by atoms with Crippen molar-refractivity contribution < 1.29 is 4.79 Å². The van der Waals surface area contributed by atoms with E-state index < -0.39 is 0 Å². The fraction of sp³-hybridized carbons (Fsp3) is 0.357. The summed E-state index contributed by atoms with van der Waals surface area (Å²) in [6, 6.07) is 8.56. The normalized spacial score (nSPS) is 32.1. The van der Waals surface area contributed by atoms with E-state index in [1.807, 2.05) is 0 Å². The molecule has 1 nitrogen and oxygen atoms in total. The maximum Gasteiger partial charge on any atom is 0.123 e. The summed E-state index contributed by atoms with van der Waals surface area (Å²) < 4.78 is 0. The van der Waals surface area contributed by atoms with Crippen molar-refractivity contribution in [3.8, 4) is 0 Å². The molecule has 0 heterocycles. The molecule has 3 atom stereocenters. The number of rotatable bonds is 2. The lowest BCUT2D eigenvalue weighted by Gasteiger charge is -2.04. The highest BCUT2D eigenvalue weighted by molar-refractivity contribution is 5.81. The molecule has 1 aromatic rings. The molecule has 1 aromatic carbocycles. The summed E-state index contributed by atoms with van der Waals surface area (Å²) in [5.41, 5.74) is 4.21. The van der Waals surface area contributed by atoms with Crippen LogP contribution in [0, 0.1) is 11.8 Å². The van der Waals surface area contributed by atoms with E-state index in [2.05, 4.69) is 37.3 Å². The largest absolute Gasteiger partial charge is 0.303 e. The van der Waals surface area contributed by atoms with E-state index in [4.69, 9.17) is 0 Å². The average Bonchev–Trinajstić information content (AvgIpc) is 2.98. The van der Waals surface area contributed by atoms with E-state index in [-0.39, 0.29) is 5.92 Å². The fourth-order valence-electron chi connectivity index (χ4n) is 2.65. The molecule has 3 rings (SSSR count). The first-order valence-electron chi connectivity index (χ1n) is 5.57. The van der Waals surface area contributed by atoms with E-state index in [0.717, 1.165) is 12.7 Å². The molecule has 15 heavy (non-hydrogen) atoms. The fourth-order valence-corrected chi connectivity index (χ4v) is 2.65. The number of hydrogen-bond donors (Lipinski definition) is 0. The molecule has 2 aliphatic rings. The smallest absolute Gasteiger partial charge is 0.123 e.